The average Bonchev–Trinajstić information content (AvgIpc) is 3.10. The Morgan fingerprint density at radius 3 is 2.24 bits per heavy atom. The van der Waals surface area contributed by atoms with Crippen LogP contribution in [0.25, 0.3) is 0 Å². The van der Waals surface area contributed by atoms with Crippen molar-refractivity contribution in [2.24, 2.45) is 0 Å². The molecule has 1 saturated heterocycles. The molecule has 1 aliphatic rings. The van der Waals surface area contributed by atoms with E-state index in [2.05, 4.69) is 0 Å². The van der Waals surface area contributed by atoms with Crippen LogP contribution in [0.5, 0.6) is 5.75 Å². The highest BCUT2D eigenvalue weighted by molar-refractivity contribution is 5.82. The SMILES string of the molecule is CC(C)(C)OC(=O)N1C[C@@H](Oc2ccccc2)C[C@@H]1C(=O)OCc1ccccc1. The van der Waals surface area contributed by atoms with Gasteiger partial charge in [0, 0.05) is 6.42 Å². The maximum atomic E-state index is 12.8. The van der Waals surface area contributed by atoms with Crippen LogP contribution in [0.1, 0.15) is 32.8 Å². The van der Waals surface area contributed by atoms with Crippen LogP contribution in [0.3, 0.4) is 0 Å². The largest absolute Gasteiger partial charge is 0.488 e. The first kappa shape index (κ1) is 20.7. The molecular formula is C23H27NO5. The molecule has 0 aliphatic carbocycles. The van der Waals surface area contributed by atoms with E-state index in [9.17, 15) is 9.59 Å². The molecule has 2 aromatic rings. The summed E-state index contributed by atoms with van der Waals surface area (Å²) in [6.45, 7) is 5.79. The summed E-state index contributed by atoms with van der Waals surface area (Å²) in [5.74, 6) is 0.235. The lowest BCUT2D eigenvalue weighted by molar-refractivity contribution is -0.150. The van der Waals surface area contributed by atoms with Gasteiger partial charge in [0.2, 0.25) is 0 Å². The third-order valence-corrected chi connectivity index (χ3v) is 4.43. The Morgan fingerprint density at radius 2 is 1.62 bits per heavy atom. The summed E-state index contributed by atoms with van der Waals surface area (Å²) in [4.78, 5) is 26.9. The topological polar surface area (TPSA) is 65.1 Å². The van der Waals surface area contributed by atoms with E-state index in [0.29, 0.717) is 12.2 Å². The van der Waals surface area contributed by atoms with Crippen molar-refractivity contribution in [3.63, 3.8) is 0 Å². The number of rotatable bonds is 5. The molecule has 0 aromatic heterocycles. The van der Waals surface area contributed by atoms with Gasteiger partial charge >= 0.3 is 12.1 Å². The lowest BCUT2D eigenvalue weighted by Gasteiger charge is -2.27. The van der Waals surface area contributed by atoms with Gasteiger partial charge in [-0.25, -0.2) is 9.59 Å². The van der Waals surface area contributed by atoms with E-state index in [1.54, 1.807) is 20.8 Å². The monoisotopic (exact) mass is 397 g/mol. The molecule has 1 amide bonds. The second kappa shape index (κ2) is 8.99. The molecule has 6 heteroatoms. The fraction of sp³-hybridized carbons (Fsp3) is 0.391. The Hall–Kier alpha value is -3.02. The molecule has 6 nitrogen and oxygen atoms in total. The van der Waals surface area contributed by atoms with E-state index in [1.165, 1.54) is 4.90 Å². The summed E-state index contributed by atoms with van der Waals surface area (Å²) in [5, 5.41) is 0. The Kier molecular flexibility index (Phi) is 6.42. The zero-order valence-electron chi connectivity index (χ0n) is 17.0. The highest BCUT2D eigenvalue weighted by atomic mass is 16.6. The molecule has 1 fully saturated rings. The van der Waals surface area contributed by atoms with Gasteiger partial charge in [-0.2, -0.15) is 0 Å². The molecule has 0 bridgehead atoms. The third kappa shape index (κ3) is 5.98. The van der Waals surface area contributed by atoms with Crippen molar-refractivity contribution >= 4 is 12.1 Å². The second-order valence-corrected chi connectivity index (χ2v) is 8.03. The van der Waals surface area contributed by atoms with Crippen molar-refractivity contribution in [2.75, 3.05) is 6.54 Å². The Morgan fingerprint density at radius 1 is 1.00 bits per heavy atom. The minimum Gasteiger partial charge on any atom is -0.488 e. The molecule has 0 unspecified atom stereocenters. The number of para-hydroxylation sites is 1. The van der Waals surface area contributed by atoms with Crippen LogP contribution in [0.2, 0.25) is 0 Å². The van der Waals surface area contributed by atoms with Crippen LogP contribution in [-0.2, 0) is 20.9 Å². The van der Waals surface area contributed by atoms with Crippen molar-refractivity contribution in [3.8, 4) is 5.75 Å². The van der Waals surface area contributed by atoms with Gasteiger partial charge < -0.3 is 14.2 Å². The fourth-order valence-corrected chi connectivity index (χ4v) is 3.15. The minimum atomic E-state index is -0.748. The van der Waals surface area contributed by atoms with Gasteiger partial charge in [0.15, 0.2) is 0 Å². The highest BCUT2D eigenvalue weighted by Gasteiger charge is 2.43. The first-order chi connectivity index (χ1) is 13.8. The number of esters is 1. The van der Waals surface area contributed by atoms with Gasteiger partial charge in [0.1, 0.15) is 30.1 Å². The number of nitrogens with zero attached hydrogens (tertiary/aromatic N) is 1. The van der Waals surface area contributed by atoms with Crippen molar-refractivity contribution < 1.29 is 23.8 Å². The van der Waals surface area contributed by atoms with Gasteiger partial charge in [-0.05, 0) is 38.5 Å². The molecule has 0 saturated carbocycles. The number of carbonyl (C=O) groups excluding carboxylic acids is 2. The molecule has 2 aromatic carbocycles. The summed E-state index contributed by atoms with van der Waals surface area (Å²) in [6.07, 6.45) is -0.514. The van der Waals surface area contributed by atoms with Gasteiger partial charge in [-0.1, -0.05) is 48.5 Å². The Balaban J connectivity index is 1.69. The van der Waals surface area contributed by atoms with Crippen molar-refractivity contribution in [1.82, 2.24) is 4.90 Å². The molecule has 0 spiro atoms. The van der Waals surface area contributed by atoms with Crippen LogP contribution in [0.15, 0.2) is 60.7 Å². The molecular weight excluding hydrogens is 370 g/mol. The minimum absolute atomic E-state index is 0.155. The normalized spacial score (nSPS) is 18.9. The zero-order valence-corrected chi connectivity index (χ0v) is 17.0. The number of carbonyl (C=O) groups is 2. The van der Waals surface area contributed by atoms with Crippen molar-refractivity contribution in [2.45, 2.75) is 51.5 Å². The lowest BCUT2D eigenvalue weighted by atomic mass is 10.2. The quantitative estimate of drug-likeness (QED) is 0.708. The summed E-state index contributed by atoms with van der Waals surface area (Å²) >= 11 is 0. The predicted molar refractivity (Wildman–Crippen MR) is 108 cm³/mol. The maximum Gasteiger partial charge on any atom is 0.411 e. The van der Waals surface area contributed by atoms with Crippen LogP contribution in [-0.4, -0.2) is 41.3 Å². The zero-order chi connectivity index (χ0) is 20.9. The summed E-state index contributed by atoms with van der Waals surface area (Å²) in [5.41, 5.74) is 0.230. The Labute approximate surface area is 171 Å². The van der Waals surface area contributed by atoms with E-state index in [1.807, 2.05) is 60.7 Å². The van der Waals surface area contributed by atoms with Crippen molar-refractivity contribution in [3.05, 3.63) is 66.2 Å². The molecule has 1 heterocycles. The highest BCUT2D eigenvalue weighted by Crippen LogP contribution is 2.26. The van der Waals surface area contributed by atoms with Gasteiger partial charge in [-0.3, -0.25) is 4.90 Å². The average molecular weight is 397 g/mol. The van der Waals surface area contributed by atoms with E-state index in [4.69, 9.17) is 14.2 Å². The van der Waals surface area contributed by atoms with E-state index < -0.39 is 23.7 Å². The molecule has 3 rings (SSSR count). The summed E-state index contributed by atoms with van der Waals surface area (Å²) in [7, 11) is 0. The van der Waals surface area contributed by atoms with Crippen LogP contribution >= 0.6 is 0 Å². The maximum absolute atomic E-state index is 12.8. The summed E-state index contributed by atoms with van der Waals surface area (Å²) in [6, 6.07) is 18.0. The van der Waals surface area contributed by atoms with Gasteiger partial charge in [-0.15, -0.1) is 0 Å². The first-order valence-corrected chi connectivity index (χ1v) is 9.74. The lowest BCUT2D eigenvalue weighted by Crippen LogP contribution is -2.44. The summed E-state index contributed by atoms with van der Waals surface area (Å²) < 4.78 is 16.9. The molecule has 2 atom stereocenters. The number of hydrogen-bond acceptors (Lipinski definition) is 5. The number of amides is 1. The predicted octanol–water partition coefficient (Wildman–Crippen LogP) is 4.19. The molecule has 0 radical (unpaired) electrons. The van der Waals surface area contributed by atoms with Crippen LogP contribution < -0.4 is 4.74 Å². The first-order valence-electron chi connectivity index (χ1n) is 9.74. The number of likely N-dealkylation sites (tertiary alicyclic amines) is 1. The fourth-order valence-electron chi connectivity index (χ4n) is 3.15. The Bertz CT molecular complexity index is 816. The van der Waals surface area contributed by atoms with E-state index in [-0.39, 0.29) is 19.3 Å². The third-order valence-electron chi connectivity index (χ3n) is 4.43. The smallest absolute Gasteiger partial charge is 0.411 e. The van der Waals surface area contributed by atoms with Gasteiger partial charge in [0.25, 0.3) is 0 Å². The molecule has 1 aliphatic heterocycles. The second-order valence-electron chi connectivity index (χ2n) is 8.03. The van der Waals surface area contributed by atoms with E-state index in [0.717, 1.165) is 5.56 Å². The number of hydrogen-bond donors (Lipinski definition) is 0. The number of ether oxygens (including phenoxy) is 3. The standard InChI is InChI=1S/C23H27NO5/c1-23(2,3)29-22(26)24-15-19(28-18-12-8-5-9-13-18)14-20(24)21(25)27-16-17-10-6-4-7-11-17/h4-13,19-20H,14-16H2,1-3H3/t19-,20+/m0/s1. The van der Waals surface area contributed by atoms with E-state index >= 15 is 0 Å². The molecule has 0 N–H and O–H groups in total. The molecule has 154 valence electrons. The van der Waals surface area contributed by atoms with Crippen LogP contribution in [0, 0.1) is 0 Å². The number of benzene rings is 2. The van der Waals surface area contributed by atoms with Crippen molar-refractivity contribution in [1.29, 1.82) is 0 Å². The van der Waals surface area contributed by atoms with Gasteiger partial charge in [0.05, 0.1) is 6.54 Å². The van der Waals surface area contributed by atoms with Crippen LogP contribution in [0.4, 0.5) is 4.79 Å². The molecule has 29 heavy (non-hydrogen) atoms.